The third-order valence-corrected chi connectivity index (χ3v) is 3.30. The van der Waals surface area contributed by atoms with Crippen molar-refractivity contribution in [2.24, 2.45) is 11.8 Å². The highest BCUT2D eigenvalue weighted by Gasteiger charge is 2.30. The Labute approximate surface area is 81.9 Å². The lowest BCUT2D eigenvalue weighted by atomic mass is 9.78. The van der Waals surface area contributed by atoms with Crippen LogP contribution in [-0.4, -0.2) is 5.67 Å². The zero-order valence-electron chi connectivity index (χ0n) is 9.28. The number of alkyl halides is 1. The SMILES string of the molecule is CC(C)CCC1CCC(C)(F)CC1. The summed E-state index contributed by atoms with van der Waals surface area (Å²) in [5, 5.41) is 0. The predicted molar refractivity (Wildman–Crippen MR) is 55.5 cm³/mol. The van der Waals surface area contributed by atoms with Crippen molar-refractivity contribution >= 4 is 0 Å². The molecular weight excluding hydrogens is 163 g/mol. The van der Waals surface area contributed by atoms with Gasteiger partial charge in [-0.05, 0) is 44.4 Å². The molecule has 1 saturated carbocycles. The van der Waals surface area contributed by atoms with Crippen molar-refractivity contribution in [1.29, 1.82) is 0 Å². The van der Waals surface area contributed by atoms with Crippen molar-refractivity contribution < 1.29 is 4.39 Å². The molecule has 0 atom stereocenters. The Bertz CT molecular complexity index is 136. The van der Waals surface area contributed by atoms with Crippen LogP contribution >= 0.6 is 0 Å². The Morgan fingerprint density at radius 3 is 2.31 bits per heavy atom. The first-order chi connectivity index (χ1) is 5.99. The minimum absolute atomic E-state index is 0.787. The van der Waals surface area contributed by atoms with Crippen LogP contribution in [-0.2, 0) is 0 Å². The third kappa shape index (κ3) is 4.10. The Hall–Kier alpha value is -0.0700. The first-order valence-electron chi connectivity index (χ1n) is 5.68. The molecule has 0 aromatic carbocycles. The normalized spacial score (nSPS) is 35.3. The van der Waals surface area contributed by atoms with Gasteiger partial charge in [-0.2, -0.15) is 0 Å². The summed E-state index contributed by atoms with van der Waals surface area (Å²) in [6.07, 6.45) is 6.42. The first-order valence-corrected chi connectivity index (χ1v) is 5.68. The second-order valence-corrected chi connectivity index (χ2v) is 5.33. The molecule has 0 amide bonds. The fraction of sp³-hybridized carbons (Fsp3) is 1.00. The molecule has 0 N–H and O–H groups in total. The van der Waals surface area contributed by atoms with Crippen LogP contribution in [0.5, 0.6) is 0 Å². The van der Waals surface area contributed by atoms with Crippen molar-refractivity contribution in [2.75, 3.05) is 0 Å². The van der Waals surface area contributed by atoms with Crippen LogP contribution < -0.4 is 0 Å². The molecule has 1 heteroatoms. The molecule has 0 aromatic rings. The van der Waals surface area contributed by atoms with Crippen molar-refractivity contribution in [1.82, 2.24) is 0 Å². The summed E-state index contributed by atoms with van der Waals surface area (Å²) in [4.78, 5) is 0. The number of hydrogen-bond acceptors (Lipinski definition) is 0. The third-order valence-electron chi connectivity index (χ3n) is 3.30. The molecule has 78 valence electrons. The second kappa shape index (κ2) is 4.43. The molecule has 1 rings (SSSR count). The topological polar surface area (TPSA) is 0 Å². The number of hydrogen-bond donors (Lipinski definition) is 0. The van der Waals surface area contributed by atoms with Crippen LogP contribution in [0.15, 0.2) is 0 Å². The molecule has 0 nitrogen and oxygen atoms in total. The van der Waals surface area contributed by atoms with Crippen molar-refractivity contribution in [3.63, 3.8) is 0 Å². The number of rotatable bonds is 3. The largest absolute Gasteiger partial charge is 0.244 e. The first kappa shape index (κ1) is 11.0. The average Bonchev–Trinajstić information content (AvgIpc) is 2.02. The molecule has 0 radical (unpaired) electrons. The molecule has 0 saturated heterocycles. The minimum Gasteiger partial charge on any atom is -0.244 e. The Balaban J connectivity index is 2.18. The maximum atomic E-state index is 13.4. The van der Waals surface area contributed by atoms with Gasteiger partial charge in [0, 0.05) is 0 Å². The van der Waals surface area contributed by atoms with E-state index < -0.39 is 5.67 Å². The van der Waals surface area contributed by atoms with Crippen LogP contribution in [0, 0.1) is 11.8 Å². The van der Waals surface area contributed by atoms with E-state index in [1.807, 2.05) is 0 Å². The summed E-state index contributed by atoms with van der Waals surface area (Å²) >= 11 is 0. The smallest absolute Gasteiger partial charge is 0.108 e. The van der Waals surface area contributed by atoms with Crippen LogP contribution in [0.3, 0.4) is 0 Å². The fourth-order valence-corrected chi connectivity index (χ4v) is 2.14. The lowest BCUT2D eigenvalue weighted by Gasteiger charge is -2.31. The molecule has 0 aliphatic heterocycles. The molecule has 0 heterocycles. The van der Waals surface area contributed by atoms with E-state index in [1.54, 1.807) is 6.92 Å². The number of halogens is 1. The van der Waals surface area contributed by atoms with E-state index in [-0.39, 0.29) is 0 Å². The van der Waals surface area contributed by atoms with Gasteiger partial charge in [0.2, 0.25) is 0 Å². The van der Waals surface area contributed by atoms with E-state index in [2.05, 4.69) is 13.8 Å². The average molecular weight is 186 g/mol. The van der Waals surface area contributed by atoms with Gasteiger partial charge in [-0.25, -0.2) is 4.39 Å². The van der Waals surface area contributed by atoms with Crippen LogP contribution in [0.25, 0.3) is 0 Å². The lowest BCUT2D eigenvalue weighted by Crippen LogP contribution is -2.26. The van der Waals surface area contributed by atoms with Gasteiger partial charge >= 0.3 is 0 Å². The highest BCUT2D eigenvalue weighted by molar-refractivity contribution is 4.81. The Kier molecular flexibility index (Phi) is 3.75. The van der Waals surface area contributed by atoms with E-state index >= 15 is 0 Å². The lowest BCUT2D eigenvalue weighted by molar-refractivity contribution is 0.0990. The summed E-state index contributed by atoms with van der Waals surface area (Å²) < 4.78 is 13.4. The van der Waals surface area contributed by atoms with Gasteiger partial charge in [0.05, 0.1) is 0 Å². The minimum atomic E-state index is -0.853. The van der Waals surface area contributed by atoms with Gasteiger partial charge in [0.25, 0.3) is 0 Å². The van der Waals surface area contributed by atoms with E-state index in [9.17, 15) is 4.39 Å². The van der Waals surface area contributed by atoms with Crippen molar-refractivity contribution in [3.8, 4) is 0 Å². The Morgan fingerprint density at radius 1 is 1.31 bits per heavy atom. The molecule has 0 bridgehead atoms. The monoisotopic (exact) mass is 186 g/mol. The maximum absolute atomic E-state index is 13.4. The predicted octanol–water partition coefficient (Wildman–Crippen LogP) is 4.34. The van der Waals surface area contributed by atoms with Crippen LogP contribution in [0.1, 0.15) is 59.3 Å². The second-order valence-electron chi connectivity index (χ2n) is 5.33. The van der Waals surface area contributed by atoms with E-state index in [4.69, 9.17) is 0 Å². The van der Waals surface area contributed by atoms with Crippen LogP contribution in [0.4, 0.5) is 4.39 Å². The zero-order valence-corrected chi connectivity index (χ0v) is 9.28. The molecular formula is C12H23F. The standard InChI is InChI=1S/C12H23F/c1-10(2)4-5-11-6-8-12(3,13)9-7-11/h10-11H,4-9H2,1-3H3. The van der Waals surface area contributed by atoms with Crippen molar-refractivity contribution in [2.45, 2.75) is 65.0 Å². The highest BCUT2D eigenvalue weighted by Crippen LogP contribution is 2.36. The van der Waals surface area contributed by atoms with E-state index in [0.717, 1.165) is 37.5 Å². The summed E-state index contributed by atoms with van der Waals surface area (Å²) in [7, 11) is 0. The Morgan fingerprint density at radius 2 is 1.85 bits per heavy atom. The van der Waals surface area contributed by atoms with Crippen LogP contribution in [0.2, 0.25) is 0 Å². The summed E-state index contributed by atoms with van der Waals surface area (Å²) in [5.41, 5.74) is -0.853. The summed E-state index contributed by atoms with van der Waals surface area (Å²) in [6, 6.07) is 0. The molecule has 1 fully saturated rings. The molecule has 1 aliphatic carbocycles. The van der Waals surface area contributed by atoms with Gasteiger partial charge in [-0.15, -0.1) is 0 Å². The molecule has 1 aliphatic rings. The zero-order chi connectivity index (χ0) is 9.90. The summed E-state index contributed by atoms with van der Waals surface area (Å²) in [6.45, 7) is 6.29. The van der Waals surface area contributed by atoms with Gasteiger partial charge in [0.1, 0.15) is 5.67 Å². The highest BCUT2D eigenvalue weighted by atomic mass is 19.1. The molecule has 0 aromatic heterocycles. The molecule has 0 unspecified atom stereocenters. The molecule has 0 spiro atoms. The fourth-order valence-electron chi connectivity index (χ4n) is 2.14. The van der Waals surface area contributed by atoms with E-state index in [0.29, 0.717) is 0 Å². The van der Waals surface area contributed by atoms with Gasteiger partial charge in [-0.3, -0.25) is 0 Å². The van der Waals surface area contributed by atoms with Gasteiger partial charge < -0.3 is 0 Å². The maximum Gasteiger partial charge on any atom is 0.108 e. The van der Waals surface area contributed by atoms with Gasteiger partial charge in [0.15, 0.2) is 0 Å². The molecule has 13 heavy (non-hydrogen) atoms. The summed E-state index contributed by atoms with van der Waals surface area (Å²) in [5.74, 6) is 1.62. The van der Waals surface area contributed by atoms with Gasteiger partial charge in [-0.1, -0.05) is 26.7 Å². The van der Waals surface area contributed by atoms with E-state index in [1.165, 1.54) is 12.8 Å². The quantitative estimate of drug-likeness (QED) is 0.615. The van der Waals surface area contributed by atoms with Crippen molar-refractivity contribution in [3.05, 3.63) is 0 Å².